The number of amides is 3. The van der Waals surface area contributed by atoms with Crippen molar-refractivity contribution in [3.8, 4) is 0 Å². The SMILES string of the molecule is Cc1cc(C(=O)NCCN2C(=O)S/C(=C\c3ccccc3F)C2=O)c2nc3n(c2n1)CCCCC3. The molecule has 10 heteroatoms. The molecule has 8 nitrogen and oxygen atoms in total. The lowest BCUT2D eigenvalue weighted by Gasteiger charge is -2.13. The summed E-state index contributed by atoms with van der Waals surface area (Å²) in [6.07, 6.45) is 5.49. The van der Waals surface area contributed by atoms with E-state index >= 15 is 0 Å². The summed E-state index contributed by atoms with van der Waals surface area (Å²) >= 11 is 0.759. The van der Waals surface area contributed by atoms with Crippen molar-refractivity contribution >= 4 is 46.1 Å². The minimum atomic E-state index is -0.502. The van der Waals surface area contributed by atoms with Crippen molar-refractivity contribution in [2.75, 3.05) is 13.1 Å². The van der Waals surface area contributed by atoms with Gasteiger partial charge in [-0.05, 0) is 49.7 Å². The molecule has 0 atom stereocenters. The number of halogens is 1. The highest BCUT2D eigenvalue weighted by Gasteiger charge is 2.35. The van der Waals surface area contributed by atoms with E-state index in [1.807, 2.05) is 6.92 Å². The van der Waals surface area contributed by atoms with Gasteiger partial charge in [-0.15, -0.1) is 0 Å². The predicted octanol–water partition coefficient (Wildman–Crippen LogP) is 4.07. The molecule has 180 valence electrons. The molecule has 1 aromatic carbocycles. The van der Waals surface area contributed by atoms with Gasteiger partial charge in [0.15, 0.2) is 5.65 Å². The summed E-state index contributed by atoms with van der Waals surface area (Å²) < 4.78 is 16.0. The smallest absolute Gasteiger partial charge is 0.293 e. The number of thioether (sulfide) groups is 1. The molecular weight excluding hydrogens is 469 g/mol. The van der Waals surface area contributed by atoms with Crippen LogP contribution in [0.4, 0.5) is 9.18 Å². The number of nitrogens with zero attached hydrogens (tertiary/aromatic N) is 4. The van der Waals surface area contributed by atoms with Crippen molar-refractivity contribution in [2.45, 2.75) is 39.2 Å². The topological polar surface area (TPSA) is 97.2 Å². The van der Waals surface area contributed by atoms with E-state index in [1.165, 1.54) is 18.2 Å². The number of fused-ring (bicyclic) bond motifs is 3. The van der Waals surface area contributed by atoms with E-state index in [-0.39, 0.29) is 29.5 Å². The van der Waals surface area contributed by atoms with Crippen LogP contribution in [0.2, 0.25) is 0 Å². The van der Waals surface area contributed by atoms with Crippen LogP contribution in [0.3, 0.4) is 0 Å². The fourth-order valence-electron chi connectivity index (χ4n) is 4.39. The molecule has 35 heavy (non-hydrogen) atoms. The first-order valence-electron chi connectivity index (χ1n) is 11.6. The number of carbonyl (C=O) groups is 3. The van der Waals surface area contributed by atoms with Crippen molar-refractivity contribution in [1.29, 1.82) is 0 Å². The first-order valence-corrected chi connectivity index (χ1v) is 12.4. The number of aryl methyl sites for hydroxylation is 3. The molecule has 0 spiro atoms. The minimum Gasteiger partial charge on any atom is -0.350 e. The van der Waals surface area contributed by atoms with E-state index in [0.717, 1.165) is 66.1 Å². The average Bonchev–Trinajstić information content (AvgIpc) is 3.18. The van der Waals surface area contributed by atoms with Crippen LogP contribution in [-0.2, 0) is 17.8 Å². The van der Waals surface area contributed by atoms with Crippen LogP contribution < -0.4 is 5.32 Å². The van der Waals surface area contributed by atoms with E-state index < -0.39 is 17.0 Å². The zero-order valence-electron chi connectivity index (χ0n) is 19.2. The number of pyridine rings is 1. The predicted molar refractivity (Wildman–Crippen MR) is 131 cm³/mol. The van der Waals surface area contributed by atoms with Crippen molar-refractivity contribution < 1.29 is 18.8 Å². The molecule has 2 aliphatic heterocycles. The zero-order chi connectivity index (χ0) is 24.5. The number of benzene rings is 1. The number of hydrogen-bond donors (Lipinski definition) is 1. The van der Waals surface area contributed by atoms with E-state index in [4.69, 9.17) is 4.98 Å². The van der Waals surface area contributed by atoms with E-state index in [1.54, 1.807) is 18.2 Å². The highest BCUT2D eigenvalue weighted by molar-refractivity contribution is 8.18. The van der Waals surface area contributed by atoms with Gasteiger partial charge in [-0.25, -0.2) is 14.4 Å². The molecule has 0 unspecified atom stereocenters. The highest BCUT2D eigenvalue weighted by Crippen LogP contribution is 2.32. The Morgan fingerprint density at radius 2 is 2.03 bits per heavy atom. The van der Waals surface area contributed by atoms with Gasteiger partial charge in [0.1, 0.15) is 17.2 Å². The Morgan fingerprint density at radius 1 is 1.20 bits per heavy atom. The van der Waals surface area contributed by atoms with Gasteiger partial charge >= 0.3 is 0 Å². The number of imidazole rings is 1. The molecule has 3 aromatic rings. The van der Waals surface area contributed by atoms with Gasteiger partial charge in [-0.1, -0.05) is 24.6 Å². The third-order valence-electron chi connectivity index (χ3n) is 6.12. The first-order chi connectivity index (χ1) is 16.9. The molecular formula is C25H24FN5O3S. The van der Waals surface area contributed by atoms with Gasteiger partial charge in [0.2, 0.25) is 0 Å². The Kier molecular flexibility index (Phi) is 6.38. The maximum absolute atomic E-state index is 13.9. The summed E-state index contributed by atoms with van der Waals surface area (Å²) in [5, 5.41) is 2.35. The lowest BCUT2D eigenvalue weighted by atomic mass is 10.2. The van der Waals surface area contributed by atoms with Crippen LogP contribution in [0.1, 0.15) is 46.7 Å². The molecule has 1 fully saturated rings. The van der Waals surface area contributed by atoms with Crippen molar-refractivity contribution in [2.24, 2.45) is 0 Å². The van der Waals surface area contributed by atoms with Gasteiger partial charge < -0.3 is 9.88 Å². The molecule has 1 saturated heterocycles. The fraction of sp³-hybridized carbons (Fsp3) is 0.320. The molecule has 0 saturated carbocycles. The Morgan fingerprint density at radius 3 is 2.86 bits per heavy atom. The van der Waals surface area contributed by atoms with E-state index in [2.05, 4.69) is 14.9 Å². The second kappa shape index (κ2) is 9.61. The number of aromatic nitrogens is 3. The van der Waals surface area contributed by atoms with Gasteiger partial charge in [0.05, 0.1) is 10.5 Å². The molecule has 1 N–H and O–H groups in total. The molecule has 0 bridgehead atoms. The largest absolute Gasteiger partial charge is 0.350 e. The summed E-state index contributed by atoms with van der Waals surface area (Å²) in [4.78, 5) is 48.7. The average molecular weight is 494 g/mol. The summed E-state index contributed by atoms with van der Waals surface area (Å²) in [5.41, 5.74) is 2.68. The van der Waals surface area contributed by atoms with Gasteiger partial charge in [-0.2, -0.15) is 0 Å². The molecule has 0 radical (unpaired) electrons. The van der Waals surface area contributed by atoms with Crippen LogP contribution in [0.15, 0.2) is 35.2 Å². The lowest BCUT2D eigenvalue weighted by molar-refractivity contribution is -0.122. The molecule has 0 aliphatic carbocycles. The minimum absolute atomic E-state index is 0.0118. The number of hydrogen-bond acceptors (Lipinski definition) is 6. The van der Waals surface area contributed by atoms with Gasteiger partial charge in [0, 0.05) is 37.3 Å². The quantitative estimate of drug-likeness (QED) is 0.538. The normalized spacial score (nSPS) is 17.2. The number of imide groups is 1. The summed E-state index contributed by atoms with van der Waals surface area (Å²) in [5.74, 6) is -0.355. The third kappa shape index (κ3) is 4.58. The maximum Gasteiger partial charge on any atom is 0.293 e. The summed E-state index contributed by atoms with van der Waals surface area (Å²) in [6, 6.07) is 7.75. The first kappa shape index (κ1) is 23.2. The third-order valence-corrected chi connectivity index (χ3v) is 7.03. The number of nitrogens with one attached hydrogen (secondary N) is 1. The van der Waals surface area contributed by atoms with E-state index in [0.29, 0.717) is 11.1 Å². The summed E-state index contributed by atoms with van der Waals surface area (Å²) in [7, 11) is 0. The van der Waals surface area contributed by atoms with E-state index in [9.17, 15) is 18.8 Å². The number of carbonyl (C=O) groups excluding carboxylic acids is 3. The second-order valence-electron chi connectivity index (χ2n) is 8.58. The maximum atomic E-state index is 13.9. The Balaban J connectivity index is 1.29. The monoisotopic (exact) mass is 493 g/mol. The Bertz CT molecular complexity index is 1380. The summed E-state index contributed by atoms with van der Waals surface area (Å²) in [6.45, 7) is 2.77. The van der Waals surface area contributed by atoms with Gasteiger partial charge in [-0.3, -0.25) is 19.3 Å². The van der Waals surface area contributed by atoms with Crippen LogP contribution >= 0.6 is 11.8 Å². The van der Waals surface area contributed by atoms with Crippen LogP contribution in [0, 0.1) is 12.7 Å². The van der Waals surface area contributed by atoms with Crippen LogP contribution in [0.5, 0.6) is 0 Å². The molecule has 3 amide bonds. The molecule has 2 aromatic heterocycles. The van der Waals surface area contributed by atoms with Crippen molar-refractivity contribution in [3.63, 3.8) is 0 Å². The van der Waals surface area contributed by atoms with Crippen molar-refractivity contribution in [3.05, 3.63) is 63.7 Å². The van der Waals surface area contributed by atoms with Gasteiger partial charge in [0.25, 0.3) is 17.1 Å². The zero-order valence-corrected chi connectivity index (χ0v) is 20.0. The fourth-order valence-corrected chi connectivity index (χ4v) is 5.25. The van der Waals surface area contributed by atoms with Crippen LogP contribution in [-0.4, -0.2) is 49.6 Å². The number of rotatable bonds is 5. The molecule has 2 aliphatic rings. The lowest BCUT2D eigenvalue weighted by Crippen LogP contribution is -2.37. The van der Waals surface area contributed by atoms with Crippen molar-refractivity contribution in [1.82, 2.24) is 24.8 Å². The van der Waals surface area contributed by atoms with Crippen LogP contribution in [0.25, 0.3) is 17.2 Å². The Labute approximate surface area is 205 Å². The standard InChI is InChI=1S/C25H24FN5O3S/c1-15-13-17(21-22(28-15)30-11-6-2-3-9-20(30)29-21)23(32)27-10-12-31-24(33)19(35-25(31)34)14-16-7-4-5-8-18(16)26/h4-5,7-8,13-14H,2-3,6,9-12H2,1H3,(H,27,32)/b19-14-. The molecule has 4 heterocycles. The Hall–Kier alpha value is -3.53. The highest BCUT2D eigenvalue weighted by atomic mass is 32.2. The second-order valence-corrected chi connectivity index (χ2v) is 9.58. The molecule has 5 rings (SSSR count).